The minimum absolute atomic E-state index is 0.00769. The number of morpholine rings is 1. The summed E-state index contributed by atoms with van der Waals surface area (Å²) in [7, 11) is 1.64. The Morgan fingerprint density at radius 3 is 2.53 bits per heavy atom. The standard InChI is InChI=1S/C23H27N3O4/c1-28-18-7-9-19(10-8-18)30-14-4-11-26-22(17-25-12-15-29-16-13-25)24-21-6-3-2-5-20(21)23(26)27/h2-3,5-10H,4,11-17H2,1H3. The van der Waals surface area contributed by atoms with Gasteiger partial charge in [-0.1, -0.05) is 12.1 Å². The van der Waals surface area contributed by atoms with Crippen LogP contribution in [0.1, 0.15) is 12.2 Å². The molecule has 2 heterocycles. The quantitative estimate of drug-likeness (QED) is 0.533. The molecule has 7 nitrogen and oxygen atoms in total. The summed E-state index contributed by atoms with van der Waals surface area (Å²) in [5, 5.41) is 0.652. The van der Waals surface area contributed by atoms with E-state index in [4.69, 9.17) is 19.2 Å². The van der Waals surface area contributed by atoms with Gasteiger partial charge in [-0.25, -0.2) is 4.98 Å². The van der Waals surface area contributed by atoms with Crippen molar-refractivity contribution in [2.75, 3.05) is 40.0 Å². The van der Waals surface area contributed by atoms with Gasteiger partial charge in [-0.15, -0.1) is 0 Å². The van der Waals surface area contributed by atoms with Gasteiger partial charge in [0.1, 0.15) is 17.3 Å². The summed E-state index contributed by atoms with van der Waals surface area (Å²) < 4.78 is 18.2. The van der Waals surface area contributed by atoms with Crippen molar-refractivity contribution in [1.82, 2.24) is 14.5 Å². The summed E-state index contributed by atoms with van der Waals surface area (Å²) >= 11 is 0. The van der Waals surface area contributed by atoms with E-state index in [1.807, 2.05) is 48.5 Å². The van der Waals surface area contributed by atoms with Crippen molar-refractivity contribution >= 4 is 10.9 Å². The monoisotopic (exact) mass is 409 g/mol. The van der Waals surface area contributed by atoms with Crippen LogP contribution in [0.2, 0.25) is 0 Å². The lowest BCUT2D eigenvalue weighted by molar-refractivity contribution is 0.0324. The smallest absolute Gasteiger partial charge is 0.261 e. The number of hydrogen-bond acceptors (Lipinski definition) is 6. The predicted octanol–water partition coefficient (Wildman–Crippen LogP) is 2.71. The number of ether oxygens (including phenoxy) is 3. The molecular formula is C23H27N3O4. The minimum Gasteiger partial charge on any atom is -0.497 e. The van der Waals surface area contributed by atoms with Crippen molar-refractivity contribution in [1.29, 1.82) is 0 Å². The summed E-state index contributed by atoms with van der Waals surface area (Å²) in [6.07, 6.45) is 0.710. The highest BCUT2D eigenvalue weighted by molar-refractivity contribution is 5.77. The second-order valence-electron chi connectivity index (χ2n) is 7.27. The zero-order valence-corrected chi connectivity index (χ0v) is 17.3. The Morgan fingerprint density at radius 1 is 1.03 bits per heavy atom. The highest BCUT2D eigenvalue weighted by atomic mass is 16.5. The molecular weight excluding hydrogens is 382 g/mol. The molecule has 0 saturated carbocycles. The molecule has 0 bridgehead atoms. The summed E-state index contributed by atoms with van der Waals surface area (Å²) in [5.41, 5.74) is 0.754. The van der Waals surface area contributed by atoms with Gasteiger partial charge in [-0.2, -0.15) is 0 Å². The van der Waals surface area contributed by atoms with Gasteiger partial charge < -0.3 is 14.2 Å². The lowest BCUT2D eigenvalue weighted by Gasteiger charge is -2.27. The second-order valence-corrected chi connectivity index (χ2v) is 7.27. The van der Waals surface area contributed by atoms with E-state index in [0.29, 0.717) is 44.7 Å². The predicted molar refractivity (Wildman–Crippen MR) is 115 cm³/mol. The highest BCUT2D eigenvalue weighted by Crippen LogP contribution is 2.17. The van der Waals surface area contributed by atoms with Crippen LogP contribution in [0, 0.1) is 0 Å². The van der Waals surface area contributed by atoms with E-state index in [9.17, 15) is 4.79 Å². The van der Waals surface area contributed by atoms with Crippen molar-refractivity contribution in [3.63, 3.8) is 0 Å². The van der Waals surface area contributed by atoms with Gasteiger partial charge in [0.15, 0.2) is 0 Å². The van der Waals surface area contributed by atoms with E-state index < -0.39 is 0 Å². The van der Waals surface area contributed by atoms with Crippen LogP contribution in [0.25, 0.3) is 10.9 Å². The first kappa shape index (κ1) is 20.4. The van der Waals surface area contributed by atoms with Gasteiger partial charge in [0, 0.05) is 19.6 Å². The Morgan fingerprint density at radius 2 is 1.77 bits per heavy atom. The van der Waals surface area contributed by atoms with Crippen molar-refractivity contribution in [2.24, 2.45) is 0 Å². The first-order valence-corrected chi connectivity index (χ1v) is 10.3. The summed E-state index contributed by atoms with van der Waals surface area (Å²) in [6.45, 7) is 4.85. The van der Waals surface area contributed by atoms with Gasteiger partial charge in [0.2, 0.25) is 0 Å². The third-order valence-corrected chi connectivity index (χ3v) is 5.26. The van der Waals surface area contributed by atoms with E-state index in [1.54, 1.807) is 11.7 Å². The average Bonchev–Trinajstić information content (AvgIpc) is 2.79. The first-order valence-electron chi connectivity index (χ1n) is 10.3. The van der Waals surface area contributed by atoms with Crippen LogP contribution in [-0.4, -0.2) is 54.5 Å². The maximum absolute atomic E-state index is 13.2. The molecule has 30 heavy (non-hydrogen) atoms. The van der Waals surface area contributed by atoms with Crippen LogP contribution in [0.5, 0.6) is 11.5 Å². The third-order valence-electron chi connectivity index (χ3n) is 5.26. The molecule has 0 aliphatic carbocycles. The maximum Gasteiger partial charge on any atom is 0.261 e. The molecule has 1 saturated heterocycles. The number of methoxy groups -OCH3 is 1. The van der Waals surface area contributed by atoms with Crippen LogP contribution in [0.4, 0.5) is 0 Å². The number of para-hydroxylation sites is 1. The molecule has 1 aromatic heterocycles. The Labute approximate surface area is 175 Å². The second kappa shape index (κ2) is 9.73. The number of fused-ring (bicyclic) bond motifs is 1. The van der Waals surface area contributed by atoms with E-state index in [1.165, 1.54) is 0 Å². The molecule has 1 fully saturated rings. The summed E-state index contributed by atoms with van der Waals surface area (Å²) in [4.78, 5) is 20.2. The average molecular weight is 409 g/mol. The van der Waals surface area contributed by atoms with E-state index in [-0.39, 0.29) is 5.56 Å². The zero-order chi connectivity index (χ0) is 20.8. The third kappa shape index (κ3) is 4.80. The lowest BCUT2D eigenvalue weighted by atomic mass is 10.2. The van der Waals surface area contributed by atoms with Crippen LogP contribution < -0.4 is 15.0 Å². The van der Waals surface area contributed by atoms with E-state index in [2.05, 4.69) is 4.90 Å². The Kier molecular flexibility index (Phi) is 6.61. The minimum atomic E-state index is 0.00769. The molecule has 0 radical (unpaired) electrons. The van der Waals surface area contributed by atoms with Gasteiger partial charge in [-0.3, -0.25) is 14.3 Å². The highest BCUT2D eigenvalue weighted by Gasteiger charge is 2.16. The molecule has 158 valence electrons. The first-order chi connectivity index (χ1) is 14.7. The molecule has 3 aromatic rings. The number of benzene rings is 2. The summed E-state index contributed by atoms with van der Waals surface area (Å²) in [6, 6.07) is 15.0. The van der Waals surface area contributed by atoms with Crippen molar-refractivity contribution < 1.29 is 14.2 Å². The molecule has 0 atom stereocenters. The van der Waals surface area contributed by atoms with Crippen LogP contribution in [0.3, 0.4) is 0 Å². The largest absolute Gasteiger partial charge is 0.497 e. The summed E-state index contributed by atoms with van der Waals surface area (Å²) in [5.74, 6) is 2.38. The zero-order valence-electron chi connectivity index (χ0n) is 17.3. The number of rotatable bonds is 8. The normalized spacial score (nSPS) is 14.7. The molecule has 0 amide bonds. The van der Waals surface area contributed by atoms with Crippen LogP contribution in [-0.2, 0) is 17.8 Å². The molecule has 1 aliphatic rings. The number of hydrogen-bond donors (Lipinski definition) is 0. The van der Waals surface area contributed by atoms with Crippen LogP contribution in [0.15, 0.2) is 53.3 Å². The van der Waals surface area contributed by atoms with Crippen molar-refractivity contribution in [3.05, 3.63) is 64.7 Å². The lowest BCUT2D eigenvalue weighted by Crippen LogP contribution is -2.38. The van der Waals surface area contributed by atoms with Crippen molar-refractivity contribution in [2.45, 2.75) is 19.5 Å². The van der Waals surface area contributed by atoms with E-state index >= 15 is 0 Å². The Balaban J connectivity index is 1.48. The fraction of sp³-hybridized carbons (Fsp3) is 0.391. The number of nitrogens with zero attached hydrogens (tertiary/aromatic N) is 3. The fourth-order valence-corrected chi connectivity index (χ4v) is 3.61. The Hall–Kier alpha value is -2.90. The SMILES string of the molecule is COc1ccc(OCCCn2c(CN3CCOCC3)nc3ccccc3c2=O)cc1. The maximum atomic E-state index is 13.2. The Bertz CT molecular complexity index is 1030. The molecule has 0 unspecified atom stereocenters. The molecule has 2 aromatic carbocycles. The van der Waals surface area contributed by atoms with Gasteiger partial charge in [0.05, 0.1) is 44.4 Å². The molecule has 0 spiro atoms. The van der Waals surface area contributed by atoms with Crippen LogP contribution >= 0.6 is 0 Å². The molecule has 7 heteroatoms. The van der Waals surface area contributed by atoms with Crippen molar-refractivity contribution in [3.8, 4) is 11.5 Å². The molecule has 0 N–H and O–H groups in total. The van der Waals surface area contributed by atoms with Gasteiger partial charge >= 0.3 is 0 Å². The molecule has 1 aliphatic heterocycles. The number of aromatic nitrogens is 2. The topological polar surface area (TPSA) is 65.8 Å². The fourth-order valence-electron chi connectivity index (χ4n) is 3.61. The van der Waals surface area contributed by atoms with E-state index in [0.717, 1.165) is 35.9 Å². The van der Waals surface area contributed by atoms with Gasteiger partial charge in [0.25, 0.3) is 5.56 Å². The van der Waals surface area contributed by atoms with Gasteiger partial charge in [-0.05, 0) is 42.8 Å². The molecule has 4 rings (SSSR count).